The number of anilines is 1. The zero-order valence-electron chi connectivity index (χ0n) is 16.1. The van der Waals surface area contributed by atoms with Gasteiger partial charge < -0.3 is 0 Å². The Hall–Kier alpha value is -1.60. The van der Waals surface area contributed by atoms with E-state index < -0.39 is 12.0 Å². The third kappa shape index (κ3) is 4.94. The number of aromatic nitrogens is 3. The fourth-order valence-electron chi connectivity index (χ4n) is 4.22. The number of nitrogens with two attached hydrogens (primary N) is 1. The Bertz CT molecular complexity index is 839. The molecule has 1 aromatic heterocycles. The fourth-order valence-corrected chi connectivity index (χ4v) is 4.74. The van der Waals surface area contributed by atoms with Gasteiger partial charge in [0.2, 0.25) is 0 Å². The third-order valence-electron chi connectivity index (χ3n) is 5.76. The van der Waals surface area contributed by atoms with Gasteiger partial charge in [0.15, 0.2) is 0 Å². The molecule has 0 aliphatic carbocycles. The molecule has 2 saturated heterocycles. The minimum atomic E-state index is -0.548. The van der Waals surface area contributed by atoms with E-state index in [1.807, 2.05) is 12.1 Å². The Kier molecular flexibility index (Phi) is 6.44. The van der Waals surface area contributed by atoms with Gasteiger partial charge in [-0.1, -0.05) is 11.6 Å². The average Bonchev–Trinajstić information content (AvgIpc) is 3.16. The number of amides is 1. The summed E-state index contributed by atoms with van der Waals surface area (Å²) in [6.45, 7) is 2.85. The van der Waals surface area contributed by atoms with Crippen LogP contribution in [0, 0.1) is 0 Å². The van der Waals surface area contributed by atoms with Crippen molar-refractivity contribution in [3.8, 4) is 0 Å². The summed E-state index contributed by atoms with van der Waals surface area (Å²) in [6, 6.07) is 8.52. The van der Waals surface area contributed by atoms with E-state index in [4.69, 9.17) is 22.1 Å². The van der Waals surface area contributed by atoms with Crippen molar-refractivity contribution < 1.29 is 9.53 Å². The molecule has 2 aliphatic rings. The molecule has 29 heavy (non-hydrogen) atoms. The van der Waals surface area contributed by atoms with Crippen molar-refractivity contribution in [2.75, 3.05) is 31.1 Å². The number of aromatic amines is 1. The molecule has 156 valence electrons. The average molecular weight is 481 g/mol. The van der Waals surface area contributed by atoms with E-state index >= 15 is 0 Å². The standard InChI is InChI=1S/C19H26AsClN6O2/c20-18-23-19(25-24-18)26-7-5-14(6-8-26)27-10-16(17(22)28)29-11-15(27)9-12-1-3-13(21)4-2-12/h1-4,14-16H,5-11,20H2,(H2,22,28)(H,23,24,25)/t15-,16-/m0/s1. The van der Waals surface area contributed by atoms with Gasteiger partial charge in [0, 0.05) is 5.02 Å². The van der Waals surface area contributed by atoms with Crippen LogP contribution in [0.25, 0.3) is 0 Å². The molecule has 10 heteroatoms. The molecule has 0 saturated carbocycles. The van der Waals surface area contributed by atoms with Crippen molar-refractivity contribution >= 4 is 44.9 Å². The van der Waals surface area contributed by atoms with Gasteiger partial charge in [-0.05, 0) is 12.1 Å². The summed E-state index contributed by atoms with van der Waals surface area (Å²) in [5, 5.41) is 9.04. The van der Waals surface area contributed by atoms with E-state index in [9.17, 15) is 4.79 Å². The molecular weight excluding hydrogens is 455 g/mol. The first-order chi connectivity index (χ1) is 14.0. The molecule has 1 amide bonds. The molecule has 1 aromatic carbocycles. The monoisotopic (exact) mass is 480 g/mol. The molecule has 0 radical (unpaired) electrons. The van der Waals surface area contributed by atoms with Crippen molar-refractivity contribution in [3.05, 3.63) is 34.9 Å². The summed E-state index contributed by atoms with van der Waals surface area (Å²) < 4.78 is 6.67. The molecule has 0 spiro atoms. The maximum absolute atomic E-state index is 11.8. The molecular formula is C19H26AsClN6O2. The molecule has 8 nitrogen and oxygen atoms in total. The number of hydrogen-bond acceptors (Lipinski definition) is 6. The van der Waals surface area contributed by atoms with Gasteiger partial charge in [0.25, 0.3) is 0 Å². The predicted octanol–water partition coefficient (Wildman–Crippen LogP) is -0.517. The number of nitrogens with one attached hydrogen (secondary N) is 1. The summed E-state index contributed by atoms with van der Waals surface area (Å²) >= 11 is 7.46. The number of ether oxygens (including phenoxy) is 1. The number of rotatable bonds is 5. The van der Waals surface area contributed by atoms with Crippen LogP contribution >= 0.6 is 11.6 Å². The first kappa shape index (κ1) is 20.7. The third-order valence-corrected chi connectivity index (χ3v) is 6.56. The number of H-pyrrole nitrogens is 1. The van der Waals surface area contributed by atoms with Gasteiger partial charge in [-0.15, -0.1) is 0 Å². The molecule has 4 rings (SSSR count). The molecule has 3 atom stereocenters. The van der Waals surface area contributed by atoms with Crippen LogP contribution in [0.5, 0.6) is 0 Å². The quantitative estimate of drug-likeness (QED) is 0.559. The number of benzene rings is 1. The number of morpholine rings is 1. The van der Waals surface area contributed by atoms with Gasteiger partial charge in [0.1, 0.15) is 0 Å². The molecule has 3 N–H and O–H groups in total. The first-order valence-electron chi connectivity index (χ1n) is 9.84. The molecule has 3 heterocycles. The number of carbonyl (C=O) groups is 1. The number of primary amides is 1. The Balaban J connectivity index is 1.44. The zero-order chi connectivity index (χ0) is 20.4. The summed E-state index contributed by atoms with van der Waals surface area (Å²) in [5.74, 6) is 0.453. The number of carbonyl (C=O) groups excluding carboxylic acids is 1. The van der Waals surface area contributed by atoms with E-state index in [0.717, 1.165) is 47.9 Å². The van der Waals surface area contributed by atoms with Crippen LogP contribution in [0.2, 0.25) is 5.02 Å². The number of halogens is 1. The minimum absolute atomic E-state index is 0.207. The van der Waals surface area contributed by atoms with E-state index in [-0.39, 0.29) is 6.04 Å². The predicted molar refractivity (Wildman–Crippen MR) is 114 cm³/mol. The summed E-state index contributed by atoms with van der Waals surface area (Å²) in [6.07, 6.45) is 2.29. The summed E-state index contributed by atoms with van der Waals surface area (Å²) in [7, 11) is 0. The van der Waals surface area contributed by atoms with E-state index in [1.165, 1.54) is 22.4 Å². The van der Waals surface area contributed by atoms with Gasteiger partial charge in [-0.2, -0.15) is 0 Å². The molecule has 2 aliphatic heterocycles. The van der Waals surface area contributed by atoms with Gasteiger partial charge >= 0.3 is 155 Å². The molecule has 2 fully saturated rings. The molecule has 1 unspecified atom stereocenters. The normalized spacial score (nSPS) is 24.0. The second kappa shape index (κ2) is 9.04. The Labute approximate surface area is 183 Å². The molecule has 2 aromatic rings. The van der Waals surface area contributed by atoms with Crippen LogP contribution in [0.15, 0.2) is 24.3 Å². The van der Waals surface area contributed by atoms with Crippen LogP contribution in [-0.4, -0.2) is 87.3 Å². The SMILES string of the molecule is NC(=O)[C@@H]1CN(C2CCN(c3nnc([AsH2])[nH]3)CC2)[C@@H](Cc2ccc(Cl)cc2)CO1. The zero-order valence-corrected chi connectivity index (χ0v) is 19.3. The Morgan fingerprint density at radius 2 is 2.00 bits per heavy atom. The second-order valence-corrected chi connectivity index (χ2v) is 9.24. The van der Waals surface area contributed by atoms with Crippen molar-refractivity contribution in [1.82, 2.24) is 20.1 Å². The van der Waals surface area contributed by atoms with Crippen LogP contribution in [0.1, 0.15) is 18.4 Å². The second-order valence-electron chi connectivity index (χ2n) is 7.66. The van der Waals surface area contributed by atoms with Crippen LogP contribution in [0.3, 0.4) is 0 Å². The maximum atomic E-state index is 11.8. The van der Waals surface area contributed by atoms with Crippen molar-refractivity contribution in [2.24, 2.45) is 5.73 Å². The van der Waals surface area contributed by atoms with Crippen LogP contribution in [0.4, 0.5) is 5.95 Å². The van der Waals surface area contributed by atoms with E-state index in [2.05, 4.69) is 37.1 Å². The van der Waals surface area contributed by atoms with Crippen molar-refractivity contribution in [1.29, 1.82) is 0 Å². The number of nitrogens with zero attached hydrogens (tertiary/aromatic N) is 4. The van der Waals surface area contributed by atoms with E-state index in [1.54, 1.807) is 0 Å². The fraction of sp³-hybridized carbons (Fsp3) is 0.526. The van der Waals surface area contributed by atoms with Gasteiger partial charge in [-0.3, -0.25) is 0 Å². The summed E-state index contributed by atoms with van der Waals surface area (Å²) in [5.41, 5.74) is 6.75. The summed E-state index contributed by atoms with van der Waals surface area (Å²) in [4.78, 5) is 19.7. The van der Waals surface area contributed by atoms with Crippen LogP contribution in [-0.2, 0) is 16.0 Å². The van der Waals surface area contributed by atoms with Crippen LogP contribution < -0.4 is 15.2 Å². The Morgan fingerprint density at radius 1 is 1.28 bits per heavy atom. The first-order valence-corrected chi connectivity index (χ1v) is 11.4. The van der Waals surface area contributed by atoms with Crippen molar-refractivity contribution in [3.63, 3.8) is 0 Å². The van der Waals surface area contributed by atoms with Gasteiger partial charge in [0.05, 0.1) is 0 Å². The van der Waals surface area contributed by atoms with E-state index in [0.29, 0.717) is 19.2 Å². The topological polar surface area (TPSA) is 100 Å². The van der Waals surface area contributed by atoms with Gasteiger partial charge in [-0.25, -0.2) is 0 Å². The Morgan fingerprint density at radius 3 is 2.62 bits per heavy atom. The van der Waals surface area contributed by atoms with Crippen molar-refractivity contribution in [2.45, 2.75) is 37.5 Å². The molecule has 0 bridgehead atoms. The number of piperidine rings is 1. The number of hydrogen-bond donors (Lipinski definition) is 2.